The van der Waals surface area contributed by atoms with E-state index in [0.29, 0.717) is 10.0 Å². The van der Waals surface area contributed by atoms with Gasteiger partial charge < -0.3 is 5.32 Å². The van der Waals surface area contributed by atoms with Gasteiger partial charge in [0.1, 0.15) is 0 Å². The highest BCUT2D eigenvalue weighted by molar-refractivity contribution is 7.18. The molecule has 0 unspecified atom stereocenters. The summed E-state index contributed by atoms with van der Waals surface area (Å²) in [7, 11) is 0. The van der Waals surface area contributed by atoms with Crippen LogP contribution >= 0.6 is 34.5 Å². The van der Waals surface area contributed by atoms with E-state index in [2.05, 4.69) is 15.5 Å². The molecule has 1 N–H and O–H groups in total. The third-order valence-electron chi connectivity index (χ3n) is 1.94. The van der Waals surface area contributed by atoms with E-state index in [9.17, 15) is 0 Å². The molecule has 1 heterocycles. The van der Waals surface area contributed by atoms with Crippen molar-refractivity contribution < 1.29 is 0 Å². The molecule has 0 amide bonds. The van der Waals surface area contributed by atoms with Crippen LogP contribution in [-0.2, 0) is 0 Å². The second-order valence-electron chi connectivity index (χ2n) is 3.04. The lowest BCUT2D eigenvalue weighted by molar-refractivity contribution is 1.07. The lowest BCUT2D eigenvalue weighted by atomic mass is 10.2. The van der Waals surface area contributed by atoms with Crippen LogP contribution in [0.5, 0.6) is 0 Å². The average Bonchev–Trinajstić information content (AvgIpc) is 2.71. The highest BCUT2D eigenvalue weighted by atomic mass is 35.5. The van der Waals surface area contributed by atoms with Gasteiger partial charge in [0, 0.05) is 12.1 Å². The zero-order valence-corrected chi connectivity index (χ0v) is 10.8. The molecule has 0 saturated carbocycles. The van der Waals surface area contributed by atoms with E-state index in [-0.39, 0.29) is 0 Å². The quantitative estimate of drug-likeness (QED) is 0.921. The minimum Gasteiger partial charge on any atom is -0.360 e. The third-order valence-corrected chi connectivity index (χ3v) is 3.67. The first-order valence-corrected chi connectivity index (χ1v) is 6.31. The number of rotatable bonds is 3. The van der Waals surface area contributed by atoms with Crippen LogP contribution in [0.2, 0.25) is 10.0 Å². The Balaban J connectivity index is 2.39. The van der Waals surface area contributed by atoms with E-state index < -0.39 is 0 Å². The molecule has 16 heavy (non-hydrogen) atoms. The van der Waals surface area contributed by atoms with Gasteiger partial charge in [-0.05, 0) is 13.0 Å². The van der Waals surface area contributed by atoms with E-state index in [1.807, 2.05) is 19.1 Å². The largest absolute Gasteiger partial charge is 0.360 e. The Kier molecular flexibility index (Phi) is 3.63. The fraction of sp³-hybridized carbons (Fsp3) is 0.200. The first-order chi connectivity index (χ1) is 7.72. The summed E-state index contributed by atoms with van der Waals surface area (Å²) in [6.45, 7) is 2.82. The Morgan fingerprint density at radius 1 is 1.31 bits per heavy atom. The number of anilines is 1. The number of halogens is 2. The normalized spacial score (nSPS) is 10.4. The Morgan fingerprint density at radius 3 is 2.88 bits per heavy atom. The SMILES string of the molecule is CCNc1nnc(-c2cccc(Cl)c2Cl)s1. The highest BCUT2D eigenvalue weighted by Crippen LogP contribution is 2.35. The van der Waals surface area contributed by atoms with Crippen molar-refractivity contribution in [1.29, 1.82) is 0 Å². The number of nitrogens with zero attached hydrogens (tertiary/aromatic N) is 2. The maximum absolute atomic E-state index is 6.10. The van der Waals surface area contributed by atoms with Gasteiger partial charge in [-0.3, -0.25) is 0 Å². The van der Waals surface area contributed by atoms with Crippen LogP contribution < -0.4 is 5.32 Å². The first-order valence-electron chi connectivity index (χ1n) is 4.74. The minimum atomic E-state index is 0.517. The van der Waals surface area contributed by atoms with E-state index >= 15 is 0 Å². The molecule has 0 spiro atoms. The van der Waals surface area contributed by atoms with Crippen molar-refractivity contribution in [2.24, 2.45) is 0 Å². The minimum absolute atomic E-state index is 0.517. The molecule has 2 aromatic rings. The van der Waals surface area contributed by atoms with Crippen LogP contribution in [0.4, 0.5) is 5.13 Å². The van der Waals surface area contributed by atoms with Crippen molar-refractivity contribution in [2.45, 2.75) is 6.92 Å². The number of nitrogens with one attached hydrogen (secondary N) is 1. The molecule has 0 bridgehead atoms. The Morgan fingerprint density at radius 2 is 2.12 bits per heavy atom. The molecule has 0 aliphatic rings. The molecular weight excluding hydrogens is 265 g/mol. The van der Waals surface area contributed by atoms with Gasteiger partial charge in [-0.15, -0.1) is 10.2 Å². The maximum Gasteiger partial charge on any atom is 0.205 e. The number of hydrogen-bond acceptors (Lipinski definition) is 4. The van der Waals surface area contributed by atoms with Crippen LogP contribution in [0.1, 0.15) is 6.92 Å². The molecule has 1 aromatic heterocycles. The van der Waals surface area contributed by atoms with Gasteiger partial charge >= 0.3 is 0 Å². The maximum atomic E-state index is 6.10. The van der Waals surface area contributed by atoms with Crippen LogP contribution in [0, 0.1) is 0 Å². The molecule has 0 fully saturated rings. The molecule has 0 saturated heterocycles. The fourth-order valence-electron chi connectivity index (χ4n) is 1.22. The highest BCUT2D eigenvalue weighted by Gasteiger charge is 2.11. The van der Waals surface area contributed by atoms with Crippen molar-refractivity contribution in [1.82, 2.24) is 10.2 Å². The molecule has 0 aliphatic carbocycles. The van der Waals surface area contributed by atoms with Gasteiger partial charge in [0.05, 0.1) is 10.0 Å². The van der Waals surface area contributed by atoms with Crippen LogP contribution in [0.3, 0.4) is 0 Å². The number of aromatic nitrogens is 2. The van der Waals surface area contributed by atoms with Crippen LogP contribution in [-0.4, -0.2) is 16.7 Å². The predicted molar refractivity (Wildman–Crippen MR) is 69.5 cm³/mol. The van der Waals surface area contributed by atoms with E-state index in [0.717, 1.165) is 22.2 Å². The van der Waals surface area contributed by atoms with Gasteiger partial charge in [0.15, 0.2) is 5.01 Å². The zero-order chi connectivity index (χ0) is 11.5. The van der Waals surface area contributed by atoms with E-state index in [1.54, 1.807) is 6.07 Å². The molecule has 2 rings (SSSR count). The summed E-state index contributed by atoms with van der Waals surface area (Å²) in [5, 5.41) is 13.8. The molecular formula is C10H9Cl2N3S. The Labute approximate surface area is 107 Å². The zero-order valence-electron chi connectivity index (χ0n) is 8.50. The topological polar surface area (TPSA) is 37.8 Å². The lowest BCUT2D eigenvalue weighted by Gasteiger charge is -2.00. The van der Waals surface area contributed by atoms with Gasteiger partial charge in [-0.25, -0.2) is 0 Å². The molecule has 0 radical (unpaired) electrons. The van der Waals surface area contributed by atoms with Crippen LogP contribution in [0.25, 0.3) is 10.6 Å². The van der Waals surface area contributed by atoms with Gasteiger partial charge in [0.25, 0.3) is 0 Å². The monoisotopic (exact) mass is 273 g/mol. The molecule has 1 aromatic carbocycles. The molecule has 0 atom stereocenters. The summed E-state index contributed by atoms with van der Waals surface area (Å²) in [6.07, 6.45) is 0. The standard InChI is InChI=1S/C10H9Cl2N3S/c1-2-13-10-15-14-9(16-10)6-4-3-5-7(11)8(6)12/h3-5H,2H2,1H3,(H,13,15). The van der Waals surface area contributed by atoms with Crippen molar-refractivity contribution in [2.75, 3.05) is 11.9 Å². The molecule has 6 heteroatoms. The second-order valence-corrected chi connectivity index (χ2v) is 4.81. The molecule has 84 valence electrons. The summed E-state index contributed by atoms with van der Waals surface area (Å²) >= 11 is 13.5. The van der Waals surface area contributed by atoms with Gasteiger partial charge in [-0.2, -0.15) is 0 Å². The Bertz CT molecular complexity index is 499. The third kappa shape index (κ3) is 2.29. The smallest absolute Gasteiger partial charge is 0.205 e. The molecule has 0 aliphatic heterocycles. The summed E-state index contributed by atoms with van der Waals surface area (Å²) in [5.74, 6) is 0. The first kappa shape index (κ1) is 11.6. The lowest BCUT2D eigenvalue weighted by Crippen LogP contribution is -1.94. The van der Waals surface area contributed by atoms with E-state index in [1.165, 1.54) is 11.3 Å². The number of benzene rings is 1. The fourth-order valence-corrected chi connectivity index (χ4v) is 2.51. The summed E-state index contributed by atoms with van der Waals surface area (Å²) in [5.41, 5.74) is 0.816. The molecule has 3 nitrogen and oxygen atoms in total. The predicted octanol–water partition coefficient (Wildman–Crippen LogP) is 3.94. The summed E-state index contributed by atoms with van der Waals surface area (Å²) < 4.78 is 0. The van der Waals surface area contributed by atoms with E-state index in [4.69, 9.17) is 23.2 Å². The van der Waals surface area contributed by atoms with Crippen molar-refractivity contribution in [3.8, 4) is 10.6 Å². The van der Waals surface area contributed by atoms with Crippen molar-refractivity contribution in [3.05, 3.63) is 28.2 Å². The average molecular weight is 274 g/mol. The summed E-state index contributed by atoms with van der Waals surface area (Å²) in [4.78, 5) is 0. The van der Waals surface area contributed by atoms with Crippen molar-refractivity contribution >= 4 is 39.7 Å². The Hall–Kier alpha value is -0.840. The van der Waals surface area contributed by atoms with Crippen molar-refractivity contribution in [3.63, 3.8) is 0 Å². The van der Waals surface area contributed by atoms with Gasteiger partial charge in [0.2, 0.25) is 5.13 Å². The van der Waals surface area contributed by atoms with Gasteiger partial charge in [-0.1, -0.05) is 46.7 Å². The van der Waals surface area contributed by atoms with Crippen LogP contribution in [0.15, 0.2) is 18.2 Å². The second kappa shape index (κ2) is 4.99. The summed E-state index contributed by atoms with van der Waals surface area (Å²) in [6, 6.07) is 5.47. The number of hydrogen-bond donors (Lipinski definition) is 1.